The molecule has 2 amide bonds. The van der Waals surface area contributed by atoms with E-state index < -0.39 is 41.1 Å². The van der Waals surface area contributed by atoms with Crippen molar-refractivity contribution in [3.05, 3.63) is 47.7 Å². The summed E-state index contributed by atoms with van der Waals surface area (Å²) in [5, 5.41) is 20.4. The fourth-order valence-electron chi connectivity index (χ4n) is 2.83. The molecule has 3 atom stereocenters. The molecule has 9 heteroatoms. The van der Waals surface area contributed by atoms with Crippen LogP contribution in [-0.4, -0.2) is 56.0 Å². The van der Waals surface area contributed by atoms with E-state index in [1.807, 2.05) is 0 Å². The minimum Gasteiger partial charge on any atom is -0.480 e. The van der Waals surface area contributed by atoms with Gasteiger partial charge in [0.05, 0.1) is 0 Å². The third-order valence-corrected chi connectivity index (χ3v) is 5.19. The highest BCUT2D eigenvalue weighted by Crippen LogP contribution is 2.37. The van der Waals surface area contributed by atoms with Gasteiger partial charge in [0.1, 0.15) is 17.1 Å². The Hall–Kier alpha value is -2.81. The second kappa shape index (κ2) is 6.60. The number of aliphatic carboxylic acids is 2. The summed E-state index contributed by atoms with van der Waals surface area (Å²) in [5.41, 5.74) is 0.190. The van der Waals surface area contributed by atoms with Crippen molar-refractivity contribution in [3.8, 4) is 0 Å². The molecular weight excluding hydrogens is 348 g/mol. The van der Waals surface area contributed by atoms with Crippen molar-refractivity contribution in [2.24, 2.45) is 0 Å². The lowest BCUT2D eigenvalue weighted by atomic mass is 9.97. The molecule has 0 bridgehead atoms. The number of carbonyl (C=O) groups excluding carboxylic acids is 2. The van der Waals surface area contributed by atoms with Gasteiger partial charge in [0, 0.05) is 5.75 Å². The first-order valence-corrected chi connectivity index (χ1v) is 8.43. The van der Waals surface area contributed by atoms with Crippen LogP contribution >= 0.6 is 11.8 Å². The molecule has 2 heterocycles. The Morgan fingerprint density at radius 1 is 1.20 bits per heavy atom. The summed E-state index contributed by atoms with van der Waals surface area (Å²) in [6.45, 7) is 0. The molecule has 1 unspecified atom stereocenters. The number of rotatable bonds is 5. The predicted octanol–water partition coefficient (Wildman–Crippen LogP) is 0.223. The molecule has 25 heavy (non-hydrogen) atoms. The van der Waals surface area contributed by atoms with Gasteiger partial charge in [-0.1, -0.05) is 30.3 Å². The van der Waals surface area contributed by atoms with Crippen LogP contribution in [0.25, 0.3) is 0 Å². The monoisotopic (exact) mass is 362 g/mol. The van der Waals surface area contributed by atoms with E-state index in [-0.39, 0.29) is 5.70 Å². The van der Waals surface area contributed by atoms with Crippen LogP contribution in [0.3, 0.4) is 0 Å². The first kappa shape index (κ1) is 17.0. The van der Waals surface area contributed by atoms with E-state index in [9.17, 15) is 24.3 Å². The van der Waals surface area contributed by atoms with Gasteiger partial charge in [0.15, 0.2) is 5.92 Å². The zero-order valence-electron chi connectivity index (χ0n) is 12.8. The van der Waals surface area contributed by atoms with Crippen LogP contribution in [0.2, 0.25) is 0 Å². The second-order valence-electron chi connectivity index (χ2n) is 5.49. The van der Waals surface area contributed by atoms with Gasteiger partial charge in [0.2, 0.25) is 5.91 Å². The minimum atomic E-state index is -1.44. The third kappa shape index (κ3) is 2.98. The fourth-order valence-corrected chi connectivity index (χ4v) is 4.02. The molecule has 130 valence electrons. The van der Waals surface area contributed by atoms with Crippen LogP contribution < -0.4 is 5.32 Å². The highest BCUT2D eigenvalue weighted by Gasteiger charge is 2.53. The van der Waals surface area contributed by atoms with Crippen LogP contribution in [0.15, 0.2) is 42.1 Å². The van der Waals surface area contributed by atoms with Gasteiger partial charge in [-0.25, -0.2) is 4.79 Å². The number of nitrogens with zero attached hydrogens (tertiary/aromatic N) is 1. The number of carboxylic acids is 2. The second-order valence-corrected chi connectivity index (χ2v) is 6.64. The minimum absolute atomic E-state index is 0.114. The van der Waals surface area contributed by atoms with Crippen LogP contribution in [0, 0.1) is 0 Å². The number of carbonyl (C=O) groups is 4. The van der Waals surface area contributed by atoms with E-state index in [1.54, 1.807) is 18.2 Å². The molecule has 0 spiro atoms. The topological polar surface area (TPSA) is 124 Å². The first-order valence-electron chi connectivity index (χ1n) is 7.38. The van der Waals surface area contributed by atoms with Crippen molar-refractivity contribution in [1.29, 1.82) is 0 Å². The zero-order chi connectivity index (χ0) is 18.1. The lowest BCUT2D eigenvalue weighted by molar-refractivity contribution is -0.152. The number of benzene rings is 1. The summed E-state index contributed by atoms with van der Waals surface area (Å²) in [6, 6.07) is 7.05. The Kier molecular flexibility index (Phi) is 4.49. The summed E-state index contributed by atoms with van der Waals surface area (Å²) in [7, 11) is 0. The number of nitrogens with one attached hydrogen (secondary N) is 1. The van der Waals surface area contributed by atoms with Crippen LogP contribution in [0.5, 0.6) is 0 Å². The van der Waals surface area contributed by atoms with E-state index in [2.05, 4.69) is 5.32 Å². The van der Waals surface area contributed by atoms with Gasteiger partial charge in [0.25, 0.3) is 5.91 Å². The van der Waals surface area contributed by atoms with Gasteiger partial charge in [-0.05, 0) is 11.6 Å². The lowest BCUT2D eigenvalue weighted by Crippen LogP contribution is -2.70. The molecule has 0 aliphatic carbocycles. The maximum absolute atomic E-state index is 12.4. The van der Waals surface area contributed by atoms with Crippen molar-refractivity contribution >= 4 is 35.5 Å². The molecule has 3 rings (SSSR count). The van der Waals surface area contributed by atoms with E-state index in [1.165, 1.54) is 30.0 Å². The number of hydrogen-bond donors (Lipinski definition) is 3. The highest BCUT2D eigenvalue weighted by atomic mass is 32.2. The quantitative estimate of drug-likeness (QED) is 0.506. The molecule has 1 aromatic rings. The fraction of sp³-hybridized carbons (Fsp3) is 0.250. The SMILES string of the molecule is O=C(O)C1=CCS[C@H]2[C@H](NC(=O)C(C(=O)O)c3ccccc3)C(=O)N12. The summed E-state index contributed by atoms with van der Waals surface area (Å²) in [6.07, 6.45) is 1.43. The van der Waals surface area contributed by atoms with Crippen LogP contribution in [0.1, 0.15) is 11.5 Å². The average Bonchev–Trinajstić information content (AvgIpc) is 2.59. The maximum atomic E-state index is 12.4. The summed E-state index contributed by atoms with van der Waals surface area (Å²) < 4.78 is 0. The van der Waals surface area contributed by atoms with E-state index in [0.29, 0.717) is 11.3 Å². The molecule has 1 fully saturated rings. The molecule has 0 aromatic heterocycles. The first-order chi connectivity index (χ1) is 11.9. The standard InChI is InChI=1S/C16H14N2O6S/c19-12(10(16(23)24)8-4-2-1-3-5-8)17-11-13(20)18-9(15(21)22)6-7-25-14(11)18/h1-6,10-11,14H,7H2,(H,17,19)(H,21,22)(H,23,24)/t10?,11-,14+/m1/s1. The van der Waals surface area contributed by atoms with Gasteiger partial charge < -0.3 is 15.5 Å². The number of β-lactam (4-membered cyclic amide) rings is 1. The number of hydrogen-bond acceptors (Lipinski definition) is 5. The Labute approximate surface area is 146 Å². The summed E-state index contributed by atoms with van der Waals surface area (Å²) in [5.74, 6) is -4.94. The molecule has 0 saturated carbocycles. The molecule has 3 N–H and O–H groups in total. The summed E-state index contributed by atoms with van der Waals surface area (Å²) in [4.78, 5) is 48.4. The van der Waals surface area contributed by atoms with Gasteiger partial charge in [-0.15, -0.1) is 11.8 Å². The Balaban J connectivity index is 1.76. The molecule has 2 aliphatic rings. The Morgan fingerprint density at radius 2 is 1.88 bits per heavy atom. The highest BCUT2D eigenvalue weighted by molar-refractivity contribution is 8.00. The van der Waals surface area contributed by atoms with Crippen molar-refractivity contribution in [2.75, 3.05) is 5.75 Å². The predicted molar refractivity (Wildman–Crippen MR) is 87.6 cm³/mol. The zero-order valence-corrected chi connectivity index (χ0v) is 13.6. The smallest absolute Gasteiger partial charge is 0.352 e. The third-order valence-electron chi connectivity index (χ3n) is 4.01. The van der Waals surface area contributed by atoms with Crippen molar-refractivity contribution in [3.63, 3.8) is 0 Å². The number of carboxylic acid groups (broad SMARTS) is 2. The summed E-state index contributed by atoms with van der Waals surface area (Å²) >= 11 is 1.31. The molecule has 1 saturated heterocycles. The Bertz CT molecular complexity index is 778. The van der Waals surface area contributed by atoms with Crippen LogP contribution in [0.4, 0.5) is 0 Å². The van der Waals surface area contributed by atoms with Crippen molar-refractivity contribution in [1.82, 2.24) is 10.2 Å². The largest absolute Gasteiger partial charge is 0.480 e. The number of thioether (sulfide) groups is 1. The van der Waals surface area contributed by atoms with Gasteiger partial charge >= 0.3 is 11.9 Å². The Morgan fingerprint density at radius 3 is 2.48 bits per heavy atom. The number of fused-ring (bicyclic) bond motifs is 1. The van der Waals surface area contributed by atoms with Crippen LogP contribution in [-0.2, 0) is 19.2 Å². The molecule has 0 radical (unpaired) electrons. The maximum Gasteiger partial charge on any atom is 0.352 e. The van der Waals surface area contributed by atoms with E-state index >= 15 is 0 Å². The van der Waals surface area contributed by atoms with Gasteiger partial charge in [-0.3, -0.25) is 19.3 Å². The molecule has 1 aromatic carbocycles. The van der Waals surface area contributed by atoms with Crippen molar-refractivity contribution in [2.45, 2.75) is 17.3 Å². The van der Waals surface area contributed by atoms with E-state index in [4.69, 9.17) is 5.11 Å². The number of amides is 2. The lowest BCUT2D eigenvalue weighted by Gasteiger charge is -2.48. The van der Waals surface area contributed by atoms with E-state index in [0.717, 1.165) is 4.90 Å². The van der Waals surface area contributed by atoms with Crippen molar-refractivity contribution < 1.29 is 29.4 Å². The normalized spacial score (nSPS) is 23.0. The van der Waals surface area contributed by atoms with Gasteiger partial charge in [-0.2, -0.15) is 0 Å². The molecular formula is C16H14N2O6S. The average molecular weight is 362 g/mol. The molecule has 2 aliphatic heterocycles. The molecule has 8 nitrogen and oxygen atoms in total.